The summed E-state index contributed by atoms with van der Waals surface area (Å²) >= 11 is 0. The van der Waals surface area contributed by atoms with Gasteiger partial charge >= 0.3 is 39.5 Å². The van der Waals surface area contributed by atoms with Gasteiger partial charge in [-0.3, -0.25) is 37.3 Å². The standard InChI is InChI=1S/C88H172O17P2/c1-6-10-13-16-19-22-25-28-30-31-32-33-34-35-37-44-49-54-59-64-69-74-88(93)105-84(78-99-86(91)72-67-62-57-52-47-42-39-38-41-45-50-55-60-65-70-81(5)9-4)80-103-107(96,97)101-76-82(89)75-100-106(94,95)102-79-83(77-98-85(90)71-66-61-56-51-46-40-27-24-21-18-15-12-8-3)104-87(92)73-68-63-58-53-48-43-36-29-26-23-20-17-14-11-7-2/h81-84,89H,6-80H2,1-5H3,(H,94,95)(H,96,97)/t81?,82-,83+,84+/m0/s1. The summed E-state index contributed by atoms with van der Waals surface area (Å²) in [7, 11) is -9.93. The highest BCUT2D eigenvalue weighted by Gasteiger charge is 2.30. The number of ether oxygens (including phenoxy) is 4. The molecule has 0 fully saturated rings. The highest BCUT2D eigenvalue weighted by Crippen LogP contribution is 2.45. The Hall–Kier alpha value is -1.94. The number of carbonyl (C=O) groups excluding carboxylic acids is 4. The van der Waals surface area contributed by atoms with Crippen molar-refractivity contribution in [1.82, 2.24) is 0 Å². The van der Waals surface area contributed by atoms with Crippen LogP contribution in [-0.4, -0.2) is 96.7 Å². The molecule has 0 bridgehead atoms. The van der Waals surface area contributed by atoms with Gasteiger partial charge in [-0.15, -0.1) is 0 Å². The Kier molecular flexibility index (Phi) is 79.2. The number of aliphatic hydroxyl groups is 1. The lowest BCUT2D eigenvalue weighted by Gasteiger charge is -2.21. The summed E-state index contributed by atoms with van der Waals surface area (Å²) in [4.78, 5) is 73.3. The molecule has 107 heavy (non-hydrogen) atoms. The first-order valence-electron chi connectivity index (χ1n) is 45.7. The van der Waals surface area contributed by atoms with E-state index >= 15 is 0 Å². The maximum Gasteiger partial charge on any atom is 0.472 e. The van der Waals surface area contributed by atoms with E-state index in [0.29, 0.717) is 25.7 Å². The van der Waals surface area contributed by atoms with Crippen LogP contribution in [0.3, 0.4) is 0 Å². The maximum atomic E-state index is 13.2. The van der Waals surface area contributed by atoms with Crippen LogP contribution < -0.4 is 0 Å². The third-order valence-corrected chi connectivity index (χ3v) is 23.0. The van der Waals surface area contributed by atoms with Gasteiger partial charge in [0.2, 0.25) is 0 Å². The van der Waals surface area contributed by atoms with Gasteiger partial charge in [0.1, 0.15) is 19.3 Å². The second kappa shape index (κ2) is 80.7. The molecule has 17 nitrogen and oxygen atoms in total. The number of hydrogen-bond donors (Lipinski definition) is 3. The average molecular weight is 1560 g/mol. The SMILES string of the molecule is CCCCCCCCCCCCCCCCCCCCCCCC(=O)O[C@H](COC(=O)CCCCCCCCCCCCCCCCC(C)CC)COP(=O)(O)OC[C@@H](O)COP(=O)(O)OC[C@@H](COC(=O)CCCCCCCCCCCCCCC)OC(=O)CCCCCCCCCCCCCCCCC. The molecule has 0 aliphatic heterocycles. The Morgan fingerprint density at radius 2 is 0.449 bits per heavy atom. The number of carbonyl (C=O) groups is 4. The van der Waals surface area contributed by atoms with E-state index in [0.717, 1.165) is 95.8 Å². The molecule has 19 heteroatoms. The Morgan fingerprint density at radius 3 is 0.664 bits per heavy atom. The summed E-state index contributed by atoms with van der Waals surface area (Å²) in [6.07, 6.45) is 74.8. The second-order valence-corrected chi connectivity index (χ2v) is 34.8. The lowest BCUT2D eigenvalue weighted by atomic mass is 9.99. The molecule has 0 aliphatic rings. The molecule has 636 valence electrons. The number of phosphoric ester groups is 2. The van der Waals surface area contributed by atoms with Crippen LogP contribution in [0.25, 0.3) is 0 Å². The molecule has 0 aliphatic carbocycles. The van der Waals surface area contributed by atoms with Crippen LogP contribution in [0.5, 0.6) is 0 Å². The van der Waals surface area contributed by atoms with Gasteiger partial charge in [-0.25, -0.2) is 9.13 Å². The zero-order valence-electron chi connectivity index (χ0n) is 70.3. The van der Waals surface area contributed by atoms with E-state index in [1.807, 2.05) is 0 Å². The van der Waals surface area contributed by atoms with Crippen LogP contribution in [-0.2, 0) is 65.4 Å². The van der Waals surface area contributed by atoms with E-state index in [-0.39, 0.29) is 25.7 Å². The summed E-state index contributed by atoms with van der Waals surface area (Å²) in [6.45, 7) is 7.44. The van der Waals surface area contributed by atoms with Crippen LogP contribution in [0.1, 0.15) is 478 Å². The molecule has 0 saturated heterocycles. The summed E-state index contributed by atoms with van der Waals surface area (Å²) in [5.41, 5.74) is 0. The van der Waals surface area contributed by atoms with Crippen molar-refractivity contribution in [1.29, 1.82) is 0 Å². The molecule has 6 atom stereocenters. The minimum Gasteiger partial charge on any atom is -0.462 e. The van der Waals surface area contributed by atoms with Gasteiger partial charge in [0.15, 0.2) is 12.2 Å². The number of aliphatic hydroxyl groups excluding tert-OH is 1. The van der Waals surface area contributed by atoms with E-state index in [1.54, 1.807) is 0 Å². The molecular formula is C88H172O17P2. The fourth-order valence-electron chi connectivity index (χ4n) is 13.8. The summed E-state index contributed by atoms with van der Waals surface area (Å²) in [6, 6.07) is 0. The van der Waals surface area contributed by atoms with Crippen LogP contribution in [0.4, 0.5) is 0 Å². The summed E-state index contributed by atoms with van der Waals surface area (Å²) < 4.78 is 69.0. The quantitative estimate of drug-likeness (QED) is 0.0222. The molecule has 0 spiro atoms. The third kappa shape index (κ3) is 80.5. The van der Waals surface area contributed by atoms with Gasteiger partial charge < -0.3 is 33.8 Å². The zero-order valence-corrected chi connectivity index (χ0v) is 72.1. The first-order chi connectivity index (χ1) is 52.1. The van der Waals surface area contributed by atoms with Crippen molar-refractivity contribution in [2.75, 3.05) is 39.6 Å². The molecule has 3 unspecified atom stereocenters. The van der Waals surface area contributed by atoms with Crippen LogP contribution in [0, 0.1) is 5.92 Å². The van der Waals surface area contributed by atoms with Crippen molar-refractivity contribution >= 4 is 39.5 Å². The number of rotatable bonds is 88. The van der Waals surface area contributed by atoms with Crippen molar-refractivity contribution in [3.63, 3.8) is 0 Å². The second-order valence-electron chi connectivity index (χ2n) is 31.9. The number of hydrogen-bond acceptors (Lipinski definition) is 15. The van der Waals surface area contributed by atoms with E-state index < -0.39 is 97.5 Å². The Balaban J connectivity index is 5.25. The molecule has 0 heterocycles. The summed E-state index contributed by atoms with van der Waals surface area (Å²) in [5, 5.41) is 10.7. The zero-order chi connectivity index (χ0) is 78.3. The first-order valence-corrected chi connectivity index (χ1v) is 48.7. The Bertz CT molecular complexity index is 2030. The van der Waals surface area contributed by atoms with Gasteiger partial charge in [-0.2, -0.15) is 0 Å². The molecular weight excluding hydrogens is 1390 g/mol. The van der Waals surface area contributed by atoms with Gasteiger partial charge in [0.25, 0.3) is 0 Å². The van der Waals surface area contributed by atoms with Crippen molar-refractivity contribution < 1.29 is 80.2 Å². The molecule has 0 aromatic heterocycles. The minimum atomic E-state index is -4.97. The number of esters is 4. The average Bonchev–Trinajstić information content (AvgIpc) is 0.903. The number of unbranched alkanes of at least 4 members (excludes halogenated alkanes) is 59. The fraction of sp³-hybridized carbons (Fsp3) is 0.955. The molecule has 0 rings (SSSR count). The van der Waals surface area contributed by atoms with Crippen molar-refractivity contribution in [2.24, 2.45) is 5.92 Å². The lowest BCUT2D eigenvalue weighted by molar-refractivity contribution is -0.161. The number of phosphoric acid groups is 2. The van der Waals surface area contributed by atoms with Crippen molar-refractivity contribution in [2.45, 2.75) is 496 Å². The molecule has 0 saturated carbocycles. The van der Waals surface area contributed by atoms with E-state index in [1.165, 1.54) is 302 Å². The highest BCUT2D eigenvalue weighted by molar-refractivity contribution is 7.47. The summed E-state index contributed by atoms with van der Waals surface area (Å²) in [5.74, 6) is -1.24. The van der Waals surface area contributed by atoms with Gasteiger partial charge in [-0.05, 0) is 31.6 Å². The predicted octanol–water partition coefficient (Wildman–Crippen LogP) is 27.2. The van der Waals surface area contributed by atoms with Gasteiger partial charge in [0.05, 0.1) is 26.4 Å². The normalized spacial score (nSPS) is 14.0. The Labute approximate surface area is 658 Å². The van der Waals surface area contributed by atoms with Crippen LogP contribution >= 0.6 is 15.6 Å². The van der Waals surface area contributed by atoms with Gasteiger partial charge in [-0.1, -0.05) is 426 Å². The smallest absolute Gasteiger partial charge is 0.462 e. The topological polar surface area (TPSA) is 237 Å². The molecule has 0 radical (unpaired) electrons. The minimum absolute atomic E-state index is 0.109. The molecule has 0 aromatic rings. The van der Waals surface area contributed by atoms with Crippen molar-refractivity contribution in [3.05, 3.63) is 0 Å². The van der Waals surface area contributed by atoms with Crippen LogP contribution in [0.15, 0.2) is 0 Å². The largest absolute Gasteiger partial charge is 0.472 e. The molecule has 0 aromatic carbocycles. The van der Waals surface area contributed by atoms with Gasteiger partial charge in [0, 0.05) is 25.7 Å². The monoisotopic (exact) mass is 1560 g/mol. The maximum absolute atomic E-state index is 13.2. The predicted molar refractivity (Wildman–Crippen MR) is 442 cm³/mol. The van der Waals surface area contributed by atoms with E-state index in [2.05, 4.69) is 34.6 Å². The van der Waals surface area contributed by atoms with E-state index in [9.17, 15) is 43.2 Å². The first kappa shape index (κ1) is 105. The third-order valence-electron chi connectivity index (χ3n) is 21.1. The van der Waals surface area contributed by atoms with Crippen LogP contribution in [0.2, 0.25) is 0 Å². The lowest BCUT2D eigenvalue weighted by Crippen LogP contribution is -2.30. The highest BCUT2D eigenvalue weighted by atomic mass is 31.2. The Morgan fingerprint density at radius 1 is 0.262 bits per heavy atom. The van der Waals surface area contributed by atoms with E-state index in [4.69, 9.17) is 37.0 Å². The fourth-order valence-corrected chi connectivity index (χ4v) is 15.4. The molecule has 3 N–H and O–H groups in total. The molecule has 0 amide bonds. The van der Waals surface area contributed by atoms with Crippen molar-refractivity contribution in [3.8, 4) is 0 Å².